The minimum atomic E-state index is -1.05. The number of hydrogen-bond donors (Lipinski definition) is 1. The highest BCUT2D eigenvalue weighted by Crippen LogP contribution is 2.29. The Hall–Kier alpha value is -1.86. The molecule has 0 atom stereocenters. The van der Waals surface area contributed by atoms with Gasteiger partial charge in [0.15, 0.2) is 5.76 Å². The standard InChI is InChI=1S/C13H12BrNO5/c1-18-7-9-5-8(15-20-9)6-19-12-10(13(16)17)3-2-4-11(12)14/h2-5H,6-7H2,1H3,(H,16,17). The lowest BCUT2D eigenvalue weighted by Crippen LogP contribution is -2.04. The van der Waals surface area contributed by atoms with Crippen molar-refractivity contribution in [3.05, 3.63) is 45.8 Å². The molecule has 2 aromatic rings. The Balaban J connectivity index is 2.12. The number of benzene rings is 1. The first-order valence-corrected chi connectivity index (χ1v) is 6.49. The number of nitrogens with zero attached hydrogens (tertiary/aromatic N) is 1. The van der Waals surface area contributed by atoms with Crippen molar-refractivity contribution in [1.82, 2.24) is 5.16 Å². The van der Waals surface area contributed by atoms with Crippen molar-refractivity contribution in [2.75, 3.05) is 7.11 Å². The molecule has 1 aromatic carbocycles. The summed E-state index contributed by atoms with van der Waals surface area (Å²) in [6, 6.07) is 6.51. The van der Waals surface area contributed by atoms with Gasteiger partial charge in [-0.05, 0) is 28.1 Å². The average Bonchev–Trinajstić information content (AvgIpc) is 2.85. The number of carbonyl (C=O) groups is 1. The minimum absolute atomic E-state index is 0.0833. The molecule has 1 N–H and O–H groups in total. The van der Waals surface area contributed by atoms with Crippen molar-refractivity contribution in [2.24, 2.45) is 0 Å². The fraction of sp³-hybridized carbons (Fsp3) is 0.231. The third-order valence-corrected chi connectivity index (χ3v) is 3.08. The van der Waals surface area contributed by atoms with Gasteiger partial charge in [-0.3, -0.25) is 0 Å². The van der Waals surface area contributed by atoms with Crippen LogP contribution in [0.15, 0.2) is 33.3 Å². The third kappa shape index (κ3) is 3.37. The van der Waals surface area contributed by atoms with E-state index in [2.05, 4.69) is 21.1 Å². The zero-order chi connectivity index (χ0) is 14.5. The van der Waals surface area contributed by atoms with Gasteiger partial charge in [-0.15, -0.1) is 0 Å². The number of ether oxygens (including phenoxy) is 2. The maximum Gasteiger partial charge on any atom is 0.339 e. The molecule has 6 nitrogen and oxygen atoms in total. The van der Waals surface area contributed by atoms with Crippen LogP contribution in [0.1, 0.15) is 21.8 Å². The summed E-state index contributed by atoms with van der Waals surface area (Å²) >= 11 is 3.27. The molecule has 20 heavy (non-hydrogen) atoms. The van der Waals surface area contributed by atoms with E-state index in [-0.39, 0.29) is 17.9 Å². The number of rotatable bonds is 6. The molecule has 0 fully saturated rings. The van der Waals surface area contributed by atoms with E-state index >= 15 is 0 Å². The average molecular weight is 342 g/mol. The first-order chi connectivity index (χ1) is 9.61. The Morgan fingerprint density at radius 1 is 1.45 bits per heavy atom. The van der Waals surface area contributed by atoms with E-state index in [0.717, 1.165) is 0 Å². The van der Waals surface area contributed by atoms with E-state index in [1.807, 2.05) is 0 Å². The molecule has 0 bridgehead atoms. The number of carboxylic acids is 1. The molecular formula is C13H12BrNO5. The van der Waals surface area contributed by atoms with E-state index in [9.17, 15) is 4.79 Å². The molecule has 0 aliphatic rings. The lowest BCUT2D eigenvalue weighted by molar-refractivity contribution is 0.0691. The smallest absolute Gasteiger partial charge is 0.339 e. The van der Waals surface area contributed by atoms with Gasteiger partial charge < -0.3 is 19.1 Å². The minimum Gasteiger partial charge on any atom is -0.485 e. The van der Waals surface area contributed by atoms with Crippen LogP contribution in [0.25, 0.3) is 0 Å². The van der Waals surface area contributed by atoms with Gasteiger partial charge in [0, 0.05) is 13.2 Å². The van der Waals surface area contributed by atoms with Crippen molar-refractivity contribution in [3.8, 4) is 5.75 Å². The lowest BCUT2D eigenvalue weighted by atomic mass is 10.2. The van der Waals surface area contributed by atoms with Gasteiger partial charge >= 0.3 is 5.97 Å². The summed E-state index contributed by atoms with van der Waals surface area (Å²) in [7, 11) is 1.55. The van der Waals surface area contributed by atoms with Crippen LogP contribution in [-0.2, 0) is 18.0 Å². The number of hydrogen-bond acceptors (Lipinski definition) is 5. The summed E-state index contributed by atoms with van der Waals surface area (Å²) in [6.07, 6.45) is 0. The second-order valence-corrected chi connectivity index (χ2v) is 4.78. The van der Waals surface area contributed by atoms with Crippen LogP contribution in [0, 0.1) is 0 Å². The Kier molecular flexibility index (Phi) is 4.75. The van der Waals surface area contributed by atoms with Crippen LogP contribution in [-0.4, -0.2) is 23.3 Å². The summed E-state index contributed by atoms with van der Waals surface area (Å²) < 4.78 is 16.0. The van der Waals surface area contributed by atoms with Crippen molar-refractivity contribution >= 4 is 21.9 Å². The molecule has 1 aromatic heterocycles. The first kappa shape index (κ1) is 14.5. The zero-order valence-electron chi connectivity index (χ0n) is 10.6. The molecule has 0 aliphatic carbocycles. The molecule has 0 amide bonds. The number of aromatic carboxylic acids is 1. The number of para-hydroxylation sites is 1. The molecular weight excluding hydrogens is 330 g/mol. The SMILES string of the molecule is COCc1cc(COc2c(Br)cccc2C(=O)O)no1. The second-order valence-electron chi connectivity index (χ2n) is 3.93. The summed E-state index contributed by atoms with van der Waals surface area (Å²) in [5.41, 5.74) is 0.643. The Labute approximate surface area is 123 Å². The number of halogens is 1. The Bertz CT molecular complexity index is 611. The van der Waals surface area contributed by atoms with Gasteiger partial charge in [-0.2, -0.15) is 0 Å². The first-order valence-electron chi connectivity index (χ1n) is 5.70. The molecule has 2 rings (SSSR count). The molecule has 0 aliphatic heterocycles. The van der Waals surface area contributed by atoms with Crippen LogP contribution < -0.4 is 4.74 Å². The van der Waals surface area contributed by atoms with Crippen molar-refractivity contribution in [2.45, 2.75) is 13.2 Å². The largest absolute Gasteiger partial charge is 0.485 e. The Morgan fingerprint density at radius 3 is 2.95 bits per heavy atom. The monoisotopic (exact) mass is 341 g/mol. The van der Waals surface area contributed by atoms with Gasteiger partial charge in [0.2, 0.25) is 0 Å². The molecule has 0 saturated carbocycles. The third-order valence-electron chi connectivity index (χ3n) is 2.46. The predicted molar refractivity (Wildman–Crippen MR) is 72.6 cm³/mol. The molecule has 0 saturated heterocycles. The van der Waals surface area contributed by atoms with Crippen LogP contribution in [0.5, 0.6) is 5.75 Å². The highest BCUT2D eigenvalue weighted by molar-refractivity contribution is 9.10. The van der Waals surface area contributed by atoms with Crippen LogP contribution in [0.4, 0.5) is 0 Å². The van der Waals surface area contributed by atoms with Crippen LogP contribution in [0.3, 0.4) is 0 Å². The molecule has 106 valence electrons. The van der Waals surface area contributed by atoms with E-state index in [4.69, 9.17) is 19.1 Å². The van der Waals surface area contributed by atoms with Crippen LogP contribution >= 0.6 is 15.9 Å². The van der Waals surface area contributed by atoms with Crippen molar-refractivity contribution in [3.63, 3.8) is 0 Å². The quantitative estimate of drug-likeness (QED) is 0.869. The number of aromatic nitrogens is 1. The van der Waals surface area contributed by atoms with Gasteiger partial charge in [0.05, 0.1) is 4.47 Å². The highest BCUT2D eigenvalue weighted by atomic mass is 79.9. The van der Waals surface area contributed by atoms with E-state index < -0.39 is 5.97 Å². The lowest BCUT2D eigenvalue weighted by Gasteiger charge is -2.09. The normalized spacial score (nSPS) is 10.5. The second kappa shape index (κ2) is 6.53. The van der Waals surface area contributed by atoms with Crippen LogP contribution in [0.2, 0.25) is 0 Å². The molecule has 7 heteroatoms. The molecule has 0 unspecified atom stereocenters. The fourth-order valence-electron chi connectivity index (χ4n) is 1.60. The molecule has 0 spiro atoms. The summed E-state index contributed by atoms with van der Waals surface area (Å²) in [5.74, 6) is -0.213. The topological polar surface area (TPSA) is 81.8 Å². The van der Waals surface area contributed by atoms with Gasteiger partial charge in [0.25, 0.3) is 0 Å². The van der Waals surface area contributed by atoms with E-state index in [1.165, 1.54) is 6.07 Å². The fourth-order valence-corrected chi connectivity index (χ4v) is 2.08. The molecule has 1 heterocycles. The Morgan fingerprint density at radius 2 is 2.25 bits per heavy atom. The summed E-state index contributed by atoms with van der Waals surface area (Å²) in [4.78, 5) is 11.1. The summed E-state index contributed by atoms with van der Waals surface area (Å²) in [6.45, 7) is 0.429. The van der Waals surface area contributed by atoms with Gasteiger partial charge in [-0.1, -0.05) is 11.2 Å². The van der Waals surface area contributed by atoms with Gasteiger partial charge in [0.1, 0.15) is 30.2 Å². The molecule has 0 radical (unpaired) electrons. The number of methoxy groups -OCH3 is 1. The number of carboxylic acid groups (broad SMARTS) is 1. The van der Waals surface area contributed by atoms with Crippen molar-refractivity contribution in [1.29, 1.82) is 0 Å². The van der Waals surface area contributed by atoms with Crippen molar-refractivity contribution < 1.29 is 23.9 Å². The predicted octanol–water partition coefficient (Wildman–Crippen LogP) is 2.86. The summed E-state index contributed by atoms with van der Waals surface area (Å²) in [5, 5.41) is 12.9. The zero-order valence-corrected chi connectivity index (χ0v) is 12.2. The highest BCUT2D eigenvalue weighted by Gasteiger charge is 2.15. The van der Waals surface area contributed by atoms with E-state index in [0.29, 0.717) is 22.5 Å². The maximum atomic E-state index is 11.1. The maximum absolute atomic E-state index is 11.1. The van der Waals surface area contributed by atoms with Gasteiger partial charge in [-0.25, -0.2) is 4.79 Å². The van der Waals surface area contributed by atoms with E-state index in [1.54, 1.807) is 25.3 Å².